The van der Waals surface area contributed by atoms with E-state index < -0.39 is 4.92 Å². The summed E-state index contributed by atoms with van der Waals surface area (Å²) in [5.74, 6) is 1.12. The average Bonchev–Trinajstić information content (AvgIpc) is 2.69. The molecule has 0 amide bonds. The fourth-order valence-electron chi connectivity index (χ4n) is 2.55. The lowest BCUT2D eigenvalue weighted by molar-refractivity contribution is -0.385. The first-order valence-corrected chi connectivity index (χ1v) is 8.07. The third kappa shape index (κ3) is 4.25. The van der Waals surface area contributed by atoms with Crippen molar-refractivity contribution >= 4 is 23.4 Å². The number of hydrazone groups is 1. The molecular weight excluding hydrogens is 338 g/mol. The van der Waals surface area contributed by atoms with Crippen molar-refractivity contribution in [2.75, 3.05) is 43.7 Å². The lowest BCUT2D eigenvalue weighted by Gasteiger charge is -2.29. The zero-order chi connectivity index (χ0) is 18.4. The average molecular weight is 357 g/mol. The Labute approximate surface area is 150 Å². The van der Waals surface area contributed by atoms with Gasteiger partial charge < -0.3 is 14.4 Å². The normalized spacial score (nSPS) is 14.4. The Balaban J connectivity index is 1.68. The van der Waals surface area contributed by atoms with Crippen LogP contribution in [0.2, 0.25) is 0 Å². The van der Waals surface area contributed by atoms with E-state index in [-0.39, 0.29) is 5.69 Å². The Morgan fingerprint density at radius 2 is 2.15 bits per heavy atom. The Morgan fingerprint density at radius 3 is 2.81 bits per heavy atom. The molecular formula is C17H19N5O4. The summed E-state index contributed by atoms with van der Waals surface area (Å²) < 4.78 is 10.8. The summed E-state index contributed by atoms with van der Waals surface area (Å²) in [6.07, 6.45) is 2.79. The first-order valence-electron chi connectivity index (χ1n) is 8.07. The van der Waals surface area contributed by atoms with Crippen molar-refractivity contribution in [3.05, 3.63) is 52.2 Å². The highest BCUT2D eigenvalue weighted by Gasteiger charge is 2.13. The van der Waals surface area contributed by atoms with Gasteiger partial charge in [0.1, 0.15) is 17.8 Å². The van der Waals surface area contributed by atoms with Gasteiger partial charge in [-0.3, -0.25) is 15.5 Å². The van der Waals surface area contributed by atoms with Crippen molar-refractivity contribution in [3.63, 3.8) is 0 Å². The van der Waals surface area contributed by atoms with E-state index in [0.29, 0.717) is 11.6 Å². The molecule has 1 N–H and O–H groups in total. The van der Waals surface area contributed by atoms with E-state index in [4.69, 9.17) is 9.47 Å². The van der Waals surface area contributed by atoms with Crippen molar-refractivity contribution in [1.29, 1.82) is 0 Å². The number of ether oxygens (including phenoxy) is 2. The molecule has 1 fully saturated rings. The molecule has 0 bridgehead atoms. The molecule has 0 unspecified atom stereocenters. The number of methoxy groups -OCH3 is 1. The number of hydrogen-bond acceptors (Lipinski definition) is 8. The fraction of sp³-hybridized carbons (Fsp3) is 0.294. The molecule has 3 rings (SSSR count). The molecule has 1 aromatic carbocycles. The van der Waals surface area contributed by atoms with Crippen LogP contribution < -0.4 is 15.1 Å². The van der Waals surface area contributed by atoms with Crippen molar-refractivity contribution in [1.82, 2.24) is 4.98 Å². The van der Waals surface area contributed by atoms with Crippen LogP contribution in [0.1, 0.15) is 5.56 Å². The van der Waals surface area contributed by atoms with Crippen LogP contribution in [0.5, 0.6) is 5.75 Å². The van der Waals surface area contributed by atoms with Crippen LogP contribution >= 0.6 is 0 Å². The molecule has 0 saturated carbocycles. The zero-order valence-electron chi connectivity index (χ0n) is 14.3. The van der Waals surface area contributed by atoms with Gasteiger partial charge in [0, 0.05) is 36.5 Å². The van der Waals surface area contributed by atoms with E-state index in [0.717, 1.165) is 37.6 Å². The number of nitro groups is 1. The molecule has 0 aliphatic carbocycles. The number of benzene rings is 1. The maximum absolute atomic E-state index is 10.6. The Bertz CT molecular complexity index is 788. The van der Waals surface area contributed by atoms with Gasteiger partial charge in [-0.1, -0.05) is 0 Å². The largest absolute Gasteiger partial charge is 0.496 e. The molecule has 0 spiro atoms. The third-order valence-electron chi connectivity index (χ3n) is 3.93. The van der Waals surface area contributed by atoms with Crippen LogP contribution in [0.4, 0.5) is 17.2 Å². The summed E-state index contributed by atoms with van der Waals surface area (Å²) in [4.78, 5) is 16.3. The molecule has 0 atom stereocenters. The van der Waals surface area contributed by atoms with E-state index in [1.807, 2.05) is 18.2 Å². The Hall–Kier alpha value is -3.20. The lowest BCUT2D eigenvalue weighted by Crippen LogP contribution is -2.36. The second-order valence-corrected chi connectivity index (χ2v) is 5.55. The van der Waals surface area contributed by atoms with Crippen LogP contribution in [-0.4, -0.2) is 49.5 Å². The van der Waals surface area contributed by atoms with E-state index in [9.17, 15) is 10.1 Å². The SMILES string of the molecule is COc1cc(N2CCOCC2)ccc1/C=N\Nc1ccc([N+](=O)[O-])cn1. The van der Waals surface area contributed by atoms with Gasteiger partial charge in [0.25, 0.3) is 5.69 Å². The highest BCUT2D eigenvalue weighted by atomic mass is 16.6. The predicted octanol–water partition coefficient (Wildman–Crippen LogP) is 2.28. The summed E-state index contributed by atoms with van der Waals surface area (Å²) in [6, 6.07) is 8.77. The monoisotopic (exact) mass is 357 g/mol. The molecule has 0 radical (unpaired) electrons. The van der Waals surface area contributed by atoms with Gasteiger partial charge in [-0.15, -0.1) is 0 Å². The molecule has 2 heterocycles. The van der Waals surface area contributed by atoms with Crippen molar-refractivity contribution in [2.24, 2.45) is 5.10 Å². The molecule has 26 heavy (non-hydrogen) atoms. The highest BCUT2D eigenvalue weighted by molar-refractivity contribution is 5.85. The minimum Gasteiger partial charge on any atom is -0.496 e. The van der Waals surface area contributed by atoms with E-state index in [1.165, 1.54) is 18.3 Å². The van der Waals surface area contributed by atoms with Gasteiger partial charge in [0.05, 0.1) is 31.5 Å². The van der Waals surface area contributed by atoms with Gasteiger partial charge in [-0.25, -0.2) is 4.98 Å². The van der Waals surface area contributed by atoms with Gasteiger partial charge >= 0.3 is 0 Å². The minimum absolute atomic E-state index is 0.0695. The number of aromatic nitrogens is 1. The fourth-order valence-corrected chi connectivity index (χ4v) is 2.55. The number of rotatable bonds is 6. The van der Waals surface area contributed by atoms with Gasteiger partial charge in [0.15, 0.2) is 0 Å². The highest BCUT2D eigenvalue weighted by Crippen LogP contribution is 2.25. The van der Waals surface area contributed by atoms with Crippen LogP contribution in [0.3, 0.4) is 0 Å². The number of nitrogens with one attached hydrogen (secondary N) is 1. The smallest absolute Gasteiger partial charge is 0.287 e. The maximum atomic E-state index is 10.6. The van der Waals surface area contributed by atoms with Crippen LogP contribution in [0.15, 0.2) is 41.6 Å². The number of morpholine rings is 1. The van der Waals surface area contributed by atoms with E-state index in [1.54, 1.807) is 13.3 Å². The third-order valence-corrected chi connectivity index (χ3v) is 3.93. The van der Waals surface area contributed by atoms with Gasteiger partial charge in [0.2, 0.25) is 0 Å². The first kappa shape index (κ1) is 17.6. The summed E-state index contributed by atoms with van der Waals surface area (Å²) >= 11 is 0. The number of anilines is 2. The van der Waals surface area contributed by atoms with Gasteiger partial charge in [-0.05, 0) is 18.2 Å². The molecule has 9 heteroatoms. The van der Waals surface area contributed by atoms with Crippen molar-refractivity contribution in [3.8, 4) is 5.75 Å². The summed E-state index contributed by atoms with van der Waals surface area (Å²) in [7, 11) is 1.61. The van der Waals surface area contributed by atoms with E-state index >= 15 is 0 Å². The van der Waals surface area contributed by atoms with Crippen LogP contribution in [-0.2, 0) is 4.74 Å². The summed E-state index contributed by atoms with van der Waals surface area (Å²) in [5, 5.41) is 14.7. The molecule has 2 aromatic rings. The number of hydrogen-bond donors (Lipinski definition) is 1. The predicted molar refractivity (Wildman–Crippen MR) is 98.1 cm³/mol. The Morgan fingerprint density at radius 1 is 1.35 bits per heavy atom. The summed E-state index contributed by atoms with van der Waals surface area (Å²) in [5.41, 5.74) is 4.55. The minimum atomic E-state index is -0.499. The van der Waals surface area contributed by atoms with Crippen LogP contribution in [0.25, 0.3) is 0 Å². The molecule has 1 saturated heterocycles. The molecule has 1 aromatic heterocycles. The first-order chi connectivity index (χ1) is 12.7. The molecule has 136 valence electrons. The lowest BCUT2D eigenvalue weighted by atomic mass is 10.1. The van der Waals surface area contributed by atoms with Crippen molar-refractivity contribution < 1.29 is 14.4 Å². The topological polar surface area (TPSA) is 102 Å². The number of nitrogens with zero attached hydrogens (tertiary/aromatic N) is 4. The van der Waals surface area contributed by atoms with Crippen LogP contribution in [0, 0.1) is 10.1 Å². The zero-order valence-corrected chi connectivity index (χ0v) is 14.3. The summed E-state index contributed by atoms with van der Waals surface area (Å²) in [6.45, 7) is 3.14. The molecule has 1 aliphatic rings. The second kappa shape index (κ2) is 8.26. The molecule has 9 nitrogen and oxygen atoms in total. The van der Waals surface area contributed by atoms with E-state index in [2.05, 4.69) is 20.4 Å². The quantitative estimate of drug-likeness (QED) is 0.481. The van der Waals surface area contributed by atoms with Gasteiger partial charge in [-0.2, -0.15) is 5.10 Å². The Kier molecular flexibility index (Phi) is 5.59. The standard InChI is InChI=1S/C17H19N5O4/c1-25-16-10-14(21-6-8-26-9-7-21)3-2-13(16)11-19-20-17-5-4-15(12-18-17)22(23)24/h2-5,10-12H,6-9H2,1H3,(H,18,20)/b19-11-. The van der Waals surface area contributed by atoms with Crippen molar-refractivity contribution in [2.45, 2.75) is 0 Å². The number of pyridine rings is 1. The maximum Gasteiger partial charge on any atom is 0.287 e. The molecule has 1 aliphatic heterocycles. The second-order valence-electron chi connectivity index (χ2n) is 5.55.